The van der Waals surface area contributed by atoms with E-state index in [-0.39, 0.29) is 23.2 Å². The maximum absolute atomic E-state index is 12.9. The number of ether oxygens (including phenoxy) is 2. The lowest BCUT2D eigenvalue weighted by molar-refractivity contribution is -0.282. The van der Waals surface area contributed by atoms with Gasteiger partial charge in [0.05, 0.1) is 0 Å². The lowest BCUT2D eigenvalue weighted by Crippen LogP contribution is -2.60. The smallest absolute Gasteiger partial charge is 0.338 e. The number of ketones is 1. The summed E-state index contributed by atoms with van der Waals surface area (Å²) in [5.74, 6) is 0.0684. The Morgan fingerprint density at radius 2 is 1.76 bits per heavy atom. The fraction of sp³-hybridized carbons (Fsp3) is 0.920. The van der Waals surface area contributed by atoms with Crippen molar-refractivity contribution in [2.75, 3.05) is 0 Å². The predicted octanol–water partition coefficient (Wildman–Crippen LogP) is 1.31. The van der Waals surface area contributed by atoms with Crippen molar-refractivity contribution in [1.82, 2.24) is 0 Å². The van der Waals surface area contributed by atoms with Gasteiger partial charge >= 0.3 is 5.97 Å². The van der Waals surface area contributed by atoms with Crippen LogP contribution in [0.1, 0.15) is 74.3 Å². The van der Waals surface area contributed by atoms with Crippen LogP contribution in [0.15, 0.2) is 0 Å². The lowest BCUT2D eigenvalue weighted by atomic mass is 9.45. The van der Waals surface area contributed by atoms with Crippen molar-refractivity contribution in [1.29, 1.82) is 0 Å². The number of fused-ring (bicyclic) bond motifs is 5. The molecule has 8 heteroatoms. The maximum Gasteiger partial charge on any atom is 0.338 e. The zero-order valence-electron chi connectivity index (χ0n) is 21.4. The Hall–Kier alpha value is -1.06. The van der Waals surface area contributed by atoms with E-state index < -0.39 is 48.5 Å². The molecular formula is C25H38O8. The normalized spacial score (nSPS) is 56.6. The van der Waals surface area contributed by atoms with Crippen molar-refractivity contribution in [3.05, 3.63) is 0 Å². The fourth-order valence-corrected chi connectivity index (χ4v) is 8.00. The van der Waals surface area contributed by atoms with Crippen molar-refractivity contribution >= 4 is 11.8 Å². The largest absolute Gasteiger partial charge is 0.460 e. The molecule has 0 radical (unpaired) electrons. The molecule has 5 rings (SSSR count). The van der Waals surface area contributed by atoms with Crippen LogP contribution in [0.25, 0.3) is 0 Å². The van der Waals surface area contributed by atoms with Gasteiger partial charge in [-0.15, -0.1) is 0 Å². The molecule has 1 unspecified atom stereocenters. The first-order valence-corrected chi connectivity index (χ1v) is 12.4. The van der Waals surface area contributed by atoms with E-state index in [0.717, 1.165) is 32.1 Å². The number of hydrogen-bond donors (Lipinski definition) is 4. The molecule has 4 aliphatic carbocycles. The van der Waals surface area contributed by atoms with Gasteiger partial charge in [-0.1, -0.05) is 13.8 Å². The molecule has 4 saturated carbocycles. The topological polar surface area (TPSA) is 134 Å². The van der Waals surface area contributed by atoms with Gasteiger partial charge in [-0.3, -0.25) is 4.79 Å². The molecule has 0 bridgehead atoms. The van der Waals surface area contributed by atoms with Crippen LogP contribution in [0, 0.1) is 34.5 Å². The van der Waals surface area contributed by atoms with E-state index >= 15 is 0 Å². The van der Waals surface area contributed by atoms with E-state index in [1.165, 1.54) is 0 Å². The Balaban J connectivity index is 1.25. The predicted molar refractivity (Wildman–Crippen MR) is 116 cm³/mol. The van der Waals surface area contributed by atoms with Crippen LogP contribution in [0.3, 0.4) is 0 Å². The third-order valence-corrected chi connectivity index (χ3v) is 10.1. The van der Waals surface area contributed by atoms with Gasteiger partial charge < -0.3 is 29.9 Å². The van der Waals surface area contributed by atoms with E-state index in [1.54, 1.807) is 0 Å². The fourth-order valence-electron chi connectivity index (χ4n) is 8.00. The molecule has 5 fully saturated rings. The minimum Gasteiger partial charge on any atom is -0.460 e. The molecule has 0 amide bonds. The second-order valence-corrected chi connectivity index (χ2v) is 11.6. The van der Waals surface area contributed by atoms with Crippen LogP contribution in [-0.4, -0.2) is 69.0 Å². The van der Waals surface area contributed by atoms with Crippen molar-refractivity contribution in [3.63, 3.8) is 0 Å². The van der Waals surface area contributed by atoms with Crippen LogP contribution in [-0.2, 0) is 19.1 Å². The number of hydrogen-bond acceptors (Lipinski definition) is 8. The number of carbonyl (C=O) groups is 2. The summed E-state index contributed by atoms with van der Waals surface area (Å²) in [5.41, 5.74) is -0.535. The third kappa shape index (κ3) is 3.59. The van der Waals surface area contributed by atoms with Gasteiger partial charge in [-0.2, -0.15) is 0 Å². The minimum atomic E-state index is -1.79. The highest BCUT2D eigenvalue weighted by Crippen LogP contribution is 2.65. The van der Waals surface area contributed by atoms with Crippen LogP contribution in [0.4, 0.5) is 0 Å². The number of aliphatic hydroxyl groups is 4. The summed E-state index contributed by atoms with van der Waals surface area (Å²) in [7, 11) is 0. The second kappa shape index (κ2) is 8.26. The molecule has 0 spiro atoms. The Morgan fingerprint density at radius 1 is 1.00 bits per heavy atom. The van der Waals surface area contributed by atoms with Crippen LogP contribution >= 0.6 is 0 Å². The molecule has 0 aromatic heterocycles. The highest BCUT2D eigenvalue weighted by atomic mass is 16.7. The minimum absolute atomic E-state index is 0.0306. The van der Waals surface area contributed by atoms with Gasteiger partial charge in [0.2, 0.25) is 0 Å². The van der Waals surface area contributed by atoms with Crippen LogP contribution in [0.2, 0.25) is 0 Å². The molecule has 1 heterocycles. The van der Waals surface area contributed by atoms with E-state index in [0.29, 0.717) is 37.0 Å². The van der Waals surface area contributed by atoms with Gasteiger partial charge in [-0.05, 0) is 80.5 Å². The number of esters is 1. The second-order valence-electron chi connectivity index (χ2n) is 11.6. The maximum atomic E-state index is 12.9. The Bertz CT molecular complexity index is 884. The summed E-state index contributed by atoms with van der Waals surface area (Å²) >= 11 is 0. The molecule has 1 saturated heterocycles. The summed E-state index contributed by atoms with van der Waals surface area (Å²) < 4.78 is 27.2. The van der Waals surface area contributed by atoms with Crippen molar-refractivity contribution < 1.29 is 42.2 Å². The molecule has 8 nitrogen and oxygen atoms in total. The first-order valence-electron chi connectivity index (χ1n) is 13.4. The Kier molecular flexibility index (Phi) is 5.32. The summed E-state index contributed by atoms with van der Waals surface area (Å²) in [4.78, 5) is 25.6. The van der Waals surface area contributed by atoms with Gasteiger partial charge in [0, 0.05) is 14.5 Å². The Morgan fingerprint density at radius 3 is 2.52 bits per heavy atom. The number of carbonyl (C=O) groups excluding carboxylic acids is 2. The number of aliphatic hydroxyl groups excluding tert-OH is 4. The first kappa shape index (κ1) is 21.2. The van der Waals surface area contributed by atoms with Gasteiger partial charge in [0.15, 0.2) is 12.4 Å². The number of Topliss-reactive ketones (excluding diaryl/α,β-unsaturated/α-hetero) is 1. The zero-order chi connectivity index (χ0) is 25.5. The highest BCUT2D eigenvalue weighted by Gasteiger charge is 2.60. The molecule has 4 N–H and O–H groups in total. The number of rotatable bonds is 2. The molecule has 33 heavy (non-hydrogen) atoms. The Labute approximate surface area is 197 Å². The van der Waals surface area contributed by atoms with Gasteiger partial charge in [0.1, 0.15) is 30.2 Å². The average Bonchev–Trinajstić information content (AvgIpc) is 2.99. The molecule has 12 atom stereocenters. The van der Waals surface area contributed by atoms with Crippen molar-refractivity contribution in [2.45, 2.75) is 108 Å². The summed E-state index contributed by atoms with van der Waals surface area (Å²) in [5, 5.41) is 39.4. The zero-order valence-corrected chi connectivity index (χ0v) is 19.4. The quantitative estimate of drug-likeness (QED) is 0.446. The standard InChI is InChI=1S/C25H38O8/c1-24-9-7-13(32-23(31)21-19(28)18(27)20(29)22(30)33-21)11-12(24)3-4-14-15-5-6-17(26)25(15,2)10-8-16(14)24/h12-16,18-22,27-30H,3-11H2,1-2H3/t12-,13+,14-,15-,16-,18-,19-,20+,21-,22?,24-,25-/m0/s1/i6D2. The van der Waals surface area contributed by atoms with Crippen molar-refractivity contribution in [3.8, 4) is 0 Å². The molecule has 186 valence electrons. The van der Waals surface area contributed by atoms with Crippen molar-refractivity contribution in [2.24, 2.45) is 34.5 Å². The van der Waals surface area contributed by atoms with Crippen LogP contribution in [0.5, 0.6) is 0 Å². The van der Waals surface area contributed by atoms with Gasteiger partial charge in [-0.25, -0.2) is 4.79 Å². The van der Waals surface area contributed by atoms with E-state index in [9.17, 15) is 30.0 Å². The average molecular weight is 469 g/mol. The third-order valence-electron chi connectivity index (χ3n) is 10.1. The molecule has 0 aromatic rings. The lowest BCUT2D eigenvalue weighted by Gasteiger charge is -2.60. The van der Waals surface area contributed by atoms with E-state index in [1.807, 2.05) is 6.92 Å². The molecule has 0 aromatic carbocycles. The SMILES string of the molecule is [2H]C1([2H])C[C@H]2[C@@H]3CC[C@H]4C[C@H](OC(=O)[C@H]5OC(O)[C@H](O)[C@@H](O)[C@@H]5O)CC[C@]4(C)[C@H]3CC[C@]2(C)C1=O. The monoisotopic (exact) mass is 468 g/mol. The molecular weight excluding hydrogens is 428 g/mol. The van der Waals surface area contributed by atoms with E-state index in [4.69, 9.17) is 12.2 Å². The van der Waals surface area contributed by atoms with Crippen LogP contribution < -0.4 is 0 Å². The first-order chi connectivity index (χ1) is 16.3. The summed E-state index contributed by atoms with van der Waals surface area (Å²) in [6.07, 6.45) is -4.60. The summed E-state index contributed by atoms with van der Waals surface area (Å²) in [6, 6.07) is 0. The summed E-state index contributed by atoms with van der Waals surface area (Å²) in [6.45, 7) is 4.28. The van der Waals surface area contributed by atoms with Gasteiger partial charge in [0.25, 0.3) is 0 Å². The van der Waals surface area contributed by atoms with E-state index in [2.05, 4.69) is 6.92 Å². The molecule has 5 aliphatic rings. The molecule has 1 aliphatic heterocycles. The highest BCUT2D eigenvalue weighted by molar-refractivity contribution is 5.87.